The molecule has 0 saturated carbocycles. The van der Waals surface area contributed by atoms with Gasteiger partial charge in [-0.25, -0.2) is 9.97 Å². The van der Waals surface area contributed by atoms with E-state index in [4.69, 9.17) is 4.98 Å². The van der Waals surface area contributed by atoms with Gasteiger partial charge in [-0.1, -0.05) is 20.8 Å². The van der Waals surface area contributed by atoms with Gasteiger partial charge in [0.25, 0.3) is 0 Å². The lowest BCUT2D eigenvalue weighted by atomic mass is 9.93. The van der Waals surface area contributed by atoms with E-state index in [0.29, 0.717) is 6.42 Å². The van der Waals surface area contributed by atoms with Gasteiger partial charge >= 0.3 is 0 Å². The third-order valence-corrected chi connectivity index (χ3v) is 4.96. The van der Waals surface area contributed by atoms with E-state index in [1.807, 2.05) is 12.3 Å². The third-order valence-electron chi connectivity index (χ3n) is 4.13. The molecular weight excluding hydrogens is 308 g/mol. The van der Waals surface area contributed by atoms with E-state index in [9.17, 15) is 4.79 Å². The van der Waals surface area contributed by atoms with E-state index in [2.05, 4.69) is 41.8 Å². The van der Waals surface area contributed by atoms with Gasteiger partial charge < -0.3 is 9.88 Å². The minimum atomic E-state index is 0.0555. The van der Waals surface area contributed by atoms with E-state index in [0.717, 1.165) is 41.6 Å². The standard InChI is InChI=1S/C17H24N4OS/c1-11-18-13(10-23-11)7-16(22)19-12-5-6-15-20-14(17(2,3)4)9-21(15)8-12/h9-10,12H,5-8H2,1-4H3,(H,19,22)/t12-/m1/s1. The van der Waals surface area contributed by atoms with E-state index >= 15 is 0 Å². The van der Waals surface area contributed by atoms with Crippen LogP contribution in [0.15, 0.2) is 11.6 Å². The normalized spacial score (nSPS) is 17.8. The number of nitrogens with zero attached hydrogens (tertiary/aromatic N) is 3. The van der Waals surface area contributed by atoms with Gasteiger partial charge in [-0.2, -0.15) is 0 Å². The highest BCUT2D eigenvalue weighted by Crippen LogP contribution is 2.24. The number of imidazole rings is 1. The largest absolute Gasteiger partial charge is 0.351 e. The summed E-state index contributed by atoms with van der Waals surface area (Å²) < 4.78 is 2.20. The minimum Gasteiger partial charge on any atom is -0.351 e. The second kappa shape index (κ2) is 6.07. The molecule has 0 saturated heterocycles. The molecule has 1 amide bonds. The fourth-order valence-corrected chi connectivity index (χ4v) is 3.47. The zero-order valence-electron chi connectivity index (χ0n) is 14.2. The summed E-state index contributed by atoms with van der Waals surface area (Å²) in [4.78, 5) is 21.3. The summed E-state index contributed by atoms with van der Waals surface area (Å²) >= 11 is 1.58. The number of aromatic nitrogens is 3. The Morgan fingerprint density at radius 2 is 2.22 bits per heavy atom. The molecular formula is C17H24N4OS. The van der Waals surface area contributed by atoms with Crippen molar-refractivity contribution >= 4 is 17.2 Å². The molecule has 0 radical (unpaired) electrons. The lowest BCUT2D eigenvalue weighted by Crippen LogP contribution is -2.41. The van der Waals surface area contributed by atoms with Gasteiger partial charge in [-0.15, -0.1) is 11.3 Å². The van der Waals surface area contributed by atoms with Gasteiger partial charge in [-0.05, 0) is 13.3 Å². The first kappa shape index (κ1) is 16.2. The molecule has 124 valence electrons. The number of amides is 1. The number of hydrogen-bond acceptors (Lipinski definition) is 4. The van der Waals surface area contributed by atoms with Gasteiger partial charge in [0.05, 0.1) is 22.8 Å². The first-order chi connectivity index (χ1) is 10.8. The SMILES string of the molecule is Cc1nc(CC(=O)N[C@@H]2CCc3nc(C(C)(C)C)cn3C2)cs1. The first-order valence-corrected chi connectivity index (χ1v) is 8.96. The first-order valence-electron chi connectivity index (χ1n) is 8.08. The van der Waals surface area contributed by atoms with Crippen LogP contribution in [0.2, 0.25) is 0 Å². The topological polar surface area (TPSA) is 59.8 Å². The quantitative estimate of drug-likeness (QED) is 0.940. The number of thiazole rings is 1. The van der Waals surface area contributed by atoms with Gasteiger partial charge in [0.15, 0.2) is 0 Å². The maximum Gasteiger partial charge on any atom is 0.226 e. The molecule has 5 nitrogen and oxygen atoms in total. The zero-order valence-corrected chi connectivity index (χ0v) is 15.0. The van der Waals surface area contributed by atoms with Crippen molar-refractivity contribution in [2.24, 2.45) is 0 Å². The predicted octanol–water partition coefficient (Wildman–Crippen LogP) is 2.62. The molecule has 3 heterocycles. The lowest BCUT2D eigenvalue weighted by molar-refractivity contribution is -0.121. The van der Waals surface area contributed by atoms with Crippen molar-refractivity contribution in [2.75, 3.05) is 0 Å². The average Bonchev–Trinajstić information content (AvgIpc) is 3.04. The van der Waals surface area contributed by atoms with Crippen LogP contribution in [0.3, 0.4) is 0 Å². The Bertz CT molecular complexity index is 710. The van der Waals surface area contributed by atoms with Gasteiger partial charge in [0, 0.05) is 36.0 Å². The van der Waals surface area contributed by atoms with Crippen LogP contribution in [0.4, 0.5) is 0 Å². The number of fused-ring (bicyclic) bond motifs is 1. The Hall–Kier alpha value is -1.69. The number of rotatable bonds is 3. The van der Waals surface area contributed by atoms with Crippen molar-refractivity contribution < 1.29 is 4.79 Å². The Balaban J connectivity index is 1.61. The van der Waals surface area contributed by atoms with Crippen LogP contribution in [0.25, 0.3) is 0 Å². The number of carbonyl (C=O) groups is 1. The molecule has 0 unspecified atom stereocenters. The molecule has 3 rings (SSSR count). The van der Waals surface area contributed by atoms with E-state index in [-0.39, 0.29) is 17.4 Å². The molecule has 2 aromatic heterocycles. The molecule has 0 bridgehead atoms. The Morgan fingerprint density at radius 3 is 2.87 bits per heavy atom. The van der Waals surface area contributed by atoms with Crippen LogP contribution in [0, 0.1) is 6.92 Å². The zero-order chi connectivity index (χ0) is 16.6. The number of hydrogen-bond donors (Lipinski definition) is 1. The summed E-state index contributed by atoms with van der Waals surface area (Å²) in [5, 5.41) is 6.10. The summed E-state index contributed by atoms with van der Waals surface area (Å²) in [6, 6.07) is 0.178. The van der Waals surface area contributed by atoms with Crippen molar-refractivity contribution in [2.45, 2.75) is 65.0 Å². The fraction of sp³-hybridized carbons (Fsp3) is 0.588. The summed E-state index contributed by atoms with van der Waals surface area (Å²) in [5.41, 5.74) is 2.04. The summed E-state index contributed by atoms with van der Waals surface area (Å²) in [7, 11) is 0. The van der Waals surface area contributed by atoms with Crippen LogP contribution >= 0.6 is 11.3 Å². The third kappa shape index (κ3) is 3.80. The summed E-state index contributed by atoms with van der Waals surface area (Å²) in [6.07, 6.45) is 4.36. The fourth-order valence-electron chi connectivity index (χ4n) is 2.86. The van der Waals surface area contributed by atoms with Crippen molar-refractivity contribution in [1.82, 2.24) is 19.9 Å². The van der Waals surface area contributed by atoms with E-state index in [1.165, 1.54) is 0 Å². The molecule has 0 aromatic carbocycles. The van der Waals surface area contributed by atoms with Crippen LogP contribution in [0.1, 0.15) is 49.4 Å². The van der Waals surface area contributed by atoms with Crippen molar-refractivity contribution in [3.8, 4) is 0 Å². The van der Waals surface area contributed by atoms with Crippen LogP contribution in [0.5, 0.6) is 0 Å². The minimum absolute atomic E-state index is 0.0555. The molecule has 2 aromatic rings. The van der Waals surface area contributed by atoms with Crippen molar-refractivity contribution in [3.63, 3.8) is 0 Å². The van der Waals surface area contributed by atoms with Crippen molar-refractivity contribution in [3.05, 3.63) is 33.8 Å². The molecule has 0 spiro atoms. The van der Waals surface area contributed by atoms with E-state index in [1.54, 1.807) is 11.3 Å². The Morgan fingerprint density at radius 1 is 1.43 bits per heavy atom. The van der Waals surface area contributed by atoms with Crippen LogP contribution in [-0.4, -0.2) is 26.5 Å². The van der Waals surface area contributed by atoms with Gasteiger partial charge in [0.1, 0.15) is 5.82 Å². The highest BCUT2D eigenvalue weighted by molar-refractivity contribution is 7.09. The second-order valence-corrected chi connectivity index (χ2v) is 8.34. The Labute approximate surface area is 141 Å². The number of nitrogens with one attached hydrogen (secondary N) is 1. The number of carbonyl (C=O) groups excluding carboxylic acids is 1. The molecule has 1 N–H and O–H groups in total. The molecule has 6 heteroatoms. The summed E-state index contributed by atoms with van der Waals surface area (Å²) in [5.74, 6) is 1.19. The van der Waals surface area contributed by atoms with E-state index < -0.39 is 0 Å². The monoisotopic (exact) mass is 332 g/mol. The smallest absolute Gasteiger partial charge is 0.226 e. The second-order valence-electron chi connectivity index (χ2n) is 7.28. The highest BCUT2D eigenvalue weighted by atomic mass is 32.1. The highest BCUT2D eigenvalue weighted by Gasteiger charge is 2.25. The molecule has 1 aliphatic rings. The van der Waals surface area contributed by atoms with Crippen molar-refractivity contribution in [1.29, 1.82) is 0 Å². The molecule has 1 aliphatic heterocycles. The molecule has 23 heavy (non-hydrogen) atoms. The maximum absolute atomic E-state index is 12.2. The molecule has 0 fully saturated rings. The van der Waals surface area contributed by atoms with Gasteiger partial charge in [-0.3, -0.25) is 4.79 Å². The molecule has 1 atom stereocenters. The maximum atomic E-state index is 12.2. The summed E-state index contributed by atoms with van der Waals surface area (Å²) in [6.45, 7) is 9.30. The van der Waals surface area contributed by atoms with Crippen LogP contribution < -0.4 is 5.32 Å². The van der Waals surface area contributed by atoms with Crippen LogP contribution in [-0.2, 0) is 29.6 Å². The number of aryl methyl sites for hydroxylation is 2. The average molecular weight is 332 g/mol. The molecule has 0 aliphatic carbocycles. The van der Waals surface area contributed by atoms with Gasteiger partial charge in [0.2, 0.25) is 5.91 Å². The lowest BCUT2D eigenvalue weighted by Gasteiger charge is -2.24. The Kier molecular flexibility index (Phi) is 4.27. The predicted molar refractivity (Wildman–Crippen MR) is 91.7 cm³/mol.